The highest BCUT2D eigenvalue weighted by atomic mass is 16.5. The first kappa shape index (κ1) is 13.5. The molecule has 2 N–H and O–H groups in total. The second-order valence-corrected chi connectivity index (χ2v) is 4.05. The Labute approximate surface area is 113 Å². The van der Waals surface area contributed by atoms with Gasteiger partial charge < -0.3 is 14.9 Å². The van der Waals surface area contributed by atoms with Crippen molar-refractivity contribution in [1.82, 2.24) is 0 Å². The normalized spacial score (nSPS) is 10.2. The third-order valence-electron chi connectivity index (χ3n) is 2.69. The molecule has 2 aromatic carbocycles. The summed E-state index contributed by atoms with van der Waals surface area (Å²) in [7, 11) is 0. The molecule has 0 aliphatic rings. The van der Waals surface area contributed by atoms with Crippen LogP contribution in [0.1, 0.15) is 27.6 Å². The highest BCUT2D eigenvalue weighted by Crippen LogP contribution is 2.31. The maximum absolute atomic E-state index is 11.4. The molecule has 2 aromatic rings. The lowest BCUT2D eigenvalue weighted by Crippen LogP contribution is -2.13. The minimum atomic E-state index is -1.47. The molecule has 0 saturated heterocycles. The fourth-order valence-electron chi connectivity index (χ4n) is 1.99. The predicted octanol–water partition coefficient (Wildman–Crippen LogP) is 2.16. The van der Waals surface area contributed by atoms with Gasteiger partial charge in [-0.15, -0.1) is 0 Å². The molecule has 102 valence electrons. The van der Waals surface area contributed by atoms with E-state index in [4.69, 9.17) is 4.74 Å². The summed E-state index contributed by atoms with van der Waals surface area (Å²) >= 11 is 0. The summed E-state index contributed by atoms with van der Waals surface area (Å²) in [4.78, 5) is 33.7. The molecule has 0 atom stereocenters. The van der Waals surface area contributed by atoms with Gasteiger partial charge in [0.05, 0.1) is 5.56 Å². The second kappa shape index (κ2) is 5.00. The molecule has 0 aliphatic carbocycles. The molecule has 0 aliphatic heterocycles. The summed E-state index contributed by atoms with van der Waals surface area (Å²) in [5.74, 6) is -3.86. The second-order valence-electron chi connectivity index (χ2n) is 4.05. The molecule has 0 radical (unpaired) electrons. The lowest BCUT2D eigenvalue weighted by Gasteiger charge is -2.11. The number of benzene rings is 2. The Kier molecular flexibility index (Phi) is 3.39. The van der Waals surface area contributed by atoms with E-state index in [9.17, 15) is 24.6 Å². The van der Waals surface area contributed by atoms with Gasteiger partial charge in [-0.2, -0.15) is 0 Å². The Balaban J connectivity index is 2.91. The number of esters is 1. The van der Waals surface area contributed by atoms with Crippen molar-refractivity contribution in [3.63, 3.8) is 0 Å². The maximum Gasteiger partial charge on any atom is 0.340 e. The number of carbonyl (C=O) groups is 3. The van der Waals surface area contributed by atoms with Crippen molar-refractivity contribution in [3.05, 3.63) is 41.5 Å². The molecule has 0 spiro atoms. The Hall–Kier alpha value is -2.89. The number of carbonyl (C=O) groups excluding carboxylic acids is 1. The SMILES string of the molecule is CC(=O)Oc1cc2ccccc2c(C(=O)O)c1C(=O)O. The maximum atomic E-state index is 11.4. The van der Waals surface area contributed by atoms with Crippen molar-refractivity contribution in [3.8, 4) is 5.75 Å². The van der Waals surface area contributed by atoms with Crippen molar-refractivity contribution in [2.75, 3.05) is 0 Å². The number of aromatic carboxylic acids is 2. The summed E-state index contributed by atoms with van der Waals surface area (Å²) in [6.45, 7) is 1.11. The van der Waals surface area contributed by atoms with Gasteiger partial charge in [0.1, 0.15) is 11.3 Å². The van der Waals surface area contributed by atoms with Gasteiger partial charge >= 0.3 is 17.9 Å². The molecule has 6 nitrogen and oxygen atoms in total. The summed E-state index contributed by atoms with van der Waals surface area (Å²) in [5, 5.41) is 19.2. The standard InChI is InChI=1S/C14H10O6/c1-7(15)20-10-6-8-4-2-3-5-9(8)11(13(16)17)12(10)14(18)19/h2-6H,1H3,(H,16,17)(H,18,19). The van der Waals surface area contributed by atoms with Crippen molar-refractivity contribution in [1.29, 1.82) is 0 Å². The molecule has 0 bridgehead atoms. The molecule has 2 rings (SSSR count). The van der Waals surface area contributed by atoms with Crippen LogP contribution >= 0.6 is 0 Å². The summed E-state index contributed by atoms with van der Waals surface area (Å²) in [6.07, 6.45) is 0. The predicted molar refractivity (Wildman–Crippen MR) is 69.2 cm³/mol. The summed E-state index contributed by atoms with van der Waals surface area (Å²) in [5.41, 5.74) is -0.932. The van der Waals surface area contributed by atoms with E-state index in [0.717, 1.165) is 6.92 Å². The first-order valence-corrected chi connectivity index (χ1v) is 5.62. The molecule has 6 heteroatoms. The minimum Gasteiger partial charge on any atom is -0.478 e. The summed E-state index contributed by atoms with van der Waals surface area (Å²) < 4.78 is 4.82. The number of carboxylic acid groups (broad SMARTS) is 2. The van der Waals surface area contributed by atoms with Crippen molar-refractivity contribution >= 4 is 28.7 Å². The van der Waals surface area contributed by atoms with Gasteiger partial charge in [-0.25, -0.2) is 9.59 Å². The molecule has 0 aromatic heterocycles. The van der Waals surface area contributed by atoms with Gasteiger partial charge in [0.2, 0.25) is 0 Å². The van der Waals surface area contributed by atoms with E-state index in [1.807, 2.05) is 0 Å². The Bertz CT molecular complexity index is 732. The van der Waals surface area contributed by atoms with Crippen LogP contribution < -0.4 is 4.74 Å². The Morgan fingerprint density at radius 2 is 1.60 bits per heavy atom. The van der Waals surface area contributed by atoms with Crippen molar-refractivity contribution < 1.29 is 29.3 Å². The average molecular weight is 274 g/mol. The summed E-state index contributed by atoms with van der Waals surface area (Å²) in [6, 6.07) is 7.73. The fourth-order valence-corrected chi connectivity index (χ4v) is 1.99. The van der Waals surface area contributed by atoms with Crippen LogP contribution in [0.4, 0.5) is 0 Å². The molecule has 0 unspecified atom stereocenters. The van der Waals surface area contributed by atoms with Gasteiger partial charge in [-0.1, -0.05) is 24.3 Å². The van der Waals surface area contributed by atoms with E-state index < -0.39 is 29.0 Å². The number of hydrogen-bond donors (Lipinski definition) is 2. The smallest absolute Gasteiger partial charge is 0.340 e. The Morgan fingerprint density at radius 3 is 2.15 bits per heavy atom. The third-order valence-corrected chi connectivity index (χ3v) is 2.69. The first-order valence-electron chi connectivity index (χ1n) is 5.62. The molecule has 0 heterocycles. The average Bonchev–Trinajstić information content (AvgIpc) is 2.35. The van der Waals surface area contributed by atoms with Gasteiger partial charge in [-0.3, -0.25) is 4.79 Å². The van der Waals surface area contributed by atoms with Crippen LogP contribution in [-0.4, -0.2) is 28.1 Å². The molecular formula is C14H10O6. The van der Waals surface area contributed by atoms with Crippen molar-refractivity contribution in [2.24, 2.45) is 0 Å². The largest absolute Gasteiger partial charge is 0.478 e. The molecule has 0 fully saturated rings. The molecule has 0 amide bonds. The topological polar surface area (TPSA) is 101 Å². The van der Waals surface area contributed by atoms with Crippen molar-refractivity contribution in [2.45, 2.75) is 6.92 Å². The number of carboxylic acids is 2. The van der Waals surface area contributed by atoms with E-state index in [0.29, 0.717) is 5.39 Å². The fraction of sp³-hybridized carbons (Fsp3) is 0.0714. The zero-order chi connectivity index (χ0) is 14.9. The number of ether oxygens (including phenoxy) is 1. The zero-order valence-corrected chi connectivity index (χ0v) is 10.4. The van der Waals surface area contributed by atoms with Crippen LogP contribution in [0.3, 0.4) is 0 Å². The van der Waals surface area contributed by atoms with E-state index >= 15 is 0 Å². The highest BCUT2D eigenvalue weighted by molar-refractivity contribution is 6.13. The van der Waals surface area contributed by atoms with Crippen LogP contribution in [0.5, 0.6) is 5.75 Å². The third kappa shape index (κ3) is 2.31. The number of fused-ring (bicyclic) bond motifs is 1. The molecule has 20 heavy (non-hydrogen) atoms. The van der Waals surface area contributed by atoms with Crippen LogP contribution in [0.2, 0.25) is 0 Å². The van der Waals surface area contributed by atoms with Crippen LogP contribution in [0.15, 0.2) is 30.3 Å². The van der Waals surface area contributed by atoms with Crippen LogP contribution in [-0.2, 0) is 4.79 Å². The van der Waals surface area contributed by atoms with E-state index in [1.54, 1.807) is 18.2 Å². The zero-order valence-electron chi connectivity index (χ0n) is 10.4. The van der Waals surface area contributed by atoms with E-state index in [1.165, 1.54) is 12.1 Å². The van der Waals surface area contributed by atoms with Gasteiger partial charge in [0.25, 0.3) is 0 Å². The molecular weight excluding hydrogens is 264 g/mol. The van der Waals surface area contributed by atoms with Gasteiger partial charge in [0.15, 0.2) is 0 Å². The van der Waals surface area contributed by atoms with Crippen LogP contribution in [0, 0.1) is 0 Å². The number of hydrogen-bond acceptors (Lipinski definition) is 4. The van der Waals surface area contributed by atoms with E-state index in [-0.39, 0.29) is 11.1 Å². The lowest BCUT2D eigenvalue weighted by atomic mass is 9.98. The van der Waals surface area contributed by atoms with Gasteiger partial charge in [0, 0.05) is 6.92 Å². The van der Waals surface area contributed by atoms with E-state index in [2.05, 4.69) is 0 Å². The minimum absolute atomic E-state index is 0.272. The quantitative estimate of drug-likeness (QED) is 0.657. The van der Waals surface area contributed by atoms with Crippen LogP contribution in [0.25, 0.3) is 10.8 Å². The first-order chi connectivity index (χ1) is 9.41. The lowest BCUT2D eigenvalue weighted by molar-refractivity contribution is -0.131. The monoisotopic (exact) mass is 274 g/mol. The van der Waals surface area contributed by atoms with Gasteiger partial charge in [-0.05, 0) is 16.8 Å². The highest BCUT2D eigenvalue weighted by Gasteiger charge is 2.25. The Morgan fingerprint density at radius 1 is 1.00 bits per heavy atom. The molecule has 0 saturated carbocycles. The number of rotatable bonds is 3.